The topological polar surface area (TPSA) is 81.3 Å². The van der Waals surface area contributed by atoms with Gasteiger partial charge in [-0.3, -0.25) is 9.59 Å². The fourth-order valence-electron chi connectivity index (χ4n) is 2.03. The van der Waals surface area contributed by atoms with Crippen molar-refractivity contribution in [3.05, 3.63) is 22.7 Å². The first-order chi connectivity index (χ1) is 8.61. The van der Waals surface area contributed by atoms with E-state index in [1.165, 1.54) is 17.3 Å². The minimum Gasteiger partial charge on any atom is -0.347 e. The largest absolute Gasteiger partial charge is 0.347 e. The summed E-state index contributed by atoms with van der Waals surface area (Å²) in [6.45, 7) is 1.84. The van der Waals surface area contributed by atoms with Crippen molar-refractivity contribution < 1.29 is 4.79 Å². The molecular weight excluding hydrogens is 234 g/mol. The van der Waals surface area contributed by atoms with E-state index in [0.29, 0.717) is 18.9 Å². The number of aromatic amines is 1. The lowest BCUT2D eigenvalue weighted by Crippen LogP contribution is -2.59. The lowest BCUT2D eigenvalue weighted by atomic mass is 10.1. The summed E-state index contributed by atoms with van der Waals surface area (Å²) < 4.78 is 0. The zero-order valence-corrected chi connectivity index (χ0v) is 10.5. The Bertz CT molecular complexity index is 484. The summed E-state index contributed by atoms with van der Waals surface area (Å²) in [5.74, 6) is 0.270. The standard InChI is InChI=1S/C11H17N5O2/c1-15(2)11(18)8-7-12-5-6-16(8)9-10(17)14-4-3-13-9/h3-4,8,12H,5-7H2,1-2H3,(H,14,17). The van der Waals surface area contributed by atoms with E-state index < -0.39 is 0 Å². The Morgan fingerprint density at radius 3 is 3.00 bits per heavy atom. The molecule has 7 nitrogen and oxygen atoms in total. The first-order valence-electron chi connectivity index (χ1n) is 5.83. The molecule has 2 heterocycles. The van der Waals surface area contributed by atoms with Gasteiger partial charge in [-0.05, 0) is 0 Å². The summed E-state index contributed by atoms with van der Waals surface area (Å²) in [5, 5.41) is 3.16. The average Bonchev–Trinajstić information content (AvgIpc) is 2.38. The van der Waals surface area contributed by atoms with E-state index in [9.17, 15) is 9.59 Å². The van der Waals surface area contributed by atoms with Crippen LogP contribution < -0.4 is 15.8 Å². The molecule has 1 aliphatic rings. The van der Waals surface area contributed by atoms with E-state index in [-0.39, 0.29) is 17.5 Å². The second kappa shape index (κ2) is 5.18. The van der Waals surface area contributed by atoms with E-state index in [4.69, 9.17) is 0 Å². The van der Waals surface area contributed by atoms with Crippen molar-refractivity contribution >= 4 is 11.7 Å². The van der Waals surface area contributed by atoms with Crippen LogP contribution in [-0.4, -0.2) is 60.5 Å². The lowest BCUT2D eigenvalue weighted by Gasteiger charge is -2.36. The van der Waals surface area contributed by atoms with Crippen molar-refractivity contribution in [1.29, 1.82) is 0 Å². The Labute approximate surface area is 105 Å². The van der Waals surface area contributed by atoms with Crippen LogP contribution in [0.5, 0.6) is 0 Å². The SMILES string of the molecule is CN(C)C(=O)C1CNCCN1c1ncc[nH]c1=O. The molecule has 1 unspecified atom stereocenters. The third-order valence-corrected chi connectivity index (χ3v) is 2.93. The van der Waals surface area contributed by atoms with E-state index >= 15 is 0 Å². The van der Waals surface area contributed by atoms with Crippen molar-refractivity contribution in [2.75, 3.05) is 38.6 Å². The molecule has 1 aliphatic heterocycles. The van der Waals surface area contributed by atoms with Gasteiger partial charge < -0.3 is 20.1 Å². The average molecular weight is 251 g/mol. The van der Waals surface area contributed by atoms with E-state index in [1.54, 1.807) is 19.0 Å². The van der Waals surface area contributed by atoms with Gasteiger partial charge in [-0.25, -0.2) is 4.98 Å². The highest BCUT2D eigenvalue weighted by Gasteiger charge is 2.31. The zero-order valence-electron chi connectivity index (χ0n) is 10.5. The number of carbonyl (C=O) groups excluding carboxylic acids is 1. The maximum absolute atomic E-state index is 12.1. The molecule has 1 aromatic heterocycles. The highest BCUT2D eigenvalue weighted by molar-refractivity contribution is 5.85. The molecule has 2 rings (SSSR count). The number of nitrogens with one attached hydrogen (secondary N) is 2. The van der Waals surface area contributed by atoms with Gasteiger partial charge in [-0.15, -0.1) is 0 Å². The van der Waals surface area contributed by atoms with Crippen molar-refractivity contribution in [1.82, 2.24) is 20.2 Å². The Hall–Kier alpha value is -1.89. The van der Waals surface area contributed by atoms with Crippen molar-refractivity contribution in [3.8, 4) is 0 Å². The van der Waals surface area contributed by atoms with Crippen LogP contribution >= 0.6 is 0 Å². The predicted molar refractivity (Wildman–Crippen MR) is 67.6 cm³/mol. The second-order valence-electron chi connectivity index (χ2n) is 4.39. The van der Waals surface area contributed by atoms with Gasteiger partial charge in [-0.1, -0.05) is 0 Å². The molecule has 0 radical (unpaired) electrons. The maximum Gasteiger partial charge on any atom is 0.290 e. The lowest BCUT2D eigenvalue weighted by molar-refractivity contribution is -0.130. The number of rotatable bonds is 2. The van der Waals surface area contributed by atoms with Crippen LogP contribution in [0.25, 0.3) is 0 Å². The van der Waals surface area contributed by atoms with Gasteiger partial charge in [-0.2, -0.15) is 0 Å². The van der Waals surface area contributed by atoms with Crippen molar-refractivity contribution in [2.45, 2.75) is 6.04 Å². The highest BCUT2D eigenvalue weighted by Crippen LogP contribution is 2.12. The van der Waals surface area contributed by atoms with Gasteiger partial charge in [0.25, 0.3) is 5.56 Å². The molecular formula is C11H17N5O2. The molecule has 0 aromatic carbocycles. The van der Waals surface area contributed by atoms with Gasteiger partial charge in [0.2, 0.25) is 5.91 Å². The number of carbonyl (C=O) groups is 1. The number of aromatic nitrogens is 2. The first kappa shape index (κ1) is 12.6. The summed E-state index contributed by atoms with van der Waals surface area (Å²) in [6.07, 6.45) is 3.01. The highest BCUT2D eigenvalue weighted by atomic mass is 16.2. The summed E-state index contributed by atoms with van der Waals surface area (Å²) in [4.78, 5) is 33.8. The number of amides is 1. The van der Waals surface area contributed by atoms with E-state index in [2.05, 4.69) is 15.3 Å². The number of likely N-dealkylation sites (N-methyl/N-ethyl adjacent to an activating group) is 1. The van der Waals surface area contributed by atoms with Crippen molar-refractivity contribution in [2.24, 2.45) is 0 Å². The molecule has 0 aliphatic carbocycles. The number of piperazine rings is 1. The third kappa shape index (κ3) is 2.35. The Balaban J connectivity index is 2.32. The van der Waals surface area contributed by atoms with E-state index in [1.807, 2.05) is 0 Å². The molecule has 98 valence electrons. The monoisotopic (exact) mass is 251 g/mol. The number of hydrogen-bond acceptors (Lipinski definition) is 5. The minimum absolute atomic E-state index is 0.0350. The molecule has 0 bridgehead atoms. The first-order valence-corrected chi connectivity index (χ1v) is 5.83. The fourth-order valence-corrected chi connectivity index (χ4v) is 2.03. The van der Waals surface area contributed by atoms with Crippen LogP contribution in [0.4, 0.5) is 5.82 Å². The van der Waals surface area contributed by atoms with Crippen LogP contribution in [-0.2, 0) is 4.79 Å². The minimum atomic E-state index is -0.384. The van der Waals surface area contributed by atoms with Gasteiger partial charge in [0, 0.05) is 46.1 Å². The molecule has 0 spiro atoms. The summed E-state index contributed by atoms with van der Waals surface area (Å²) in [6, 6.07) is -0.384. The van der Waals surface area contributed by atoms with Gasteiger partial charge >= 0.3 is 0 Å². The molecule has 18 heavy (non-hydrogen) atoms. The number of H-pyrrole nitrogens is 1. The van der Waals surface area contributed by atoms with Gasteiger partial charge in [0.1, 0.15) is 6.04 Å². The number of anilines is 1. The van der Waals surface area contributed by atoms with Crippen LogP contribution in [0.3, 0.4) is 0 Å². The summed E-state index contributed by atoms with van der Waals surface area (Å²) in [7, 11) is 3.41. The third-order valence-electron chi connectivity index (χ3n) is 2.93. The summed E-state index contributed by atoms with van der Waals surface area (Å²) in [5.41, 5.74) is -0.268. The fraction of sp³-hybridized carbons (Fsp3) is 0.545. The van der Waals surface area contributed by atoms with Crippen LogP contribution in [0, 0.1) is 0 Å². The Morgan fingerprint density at radius 1 is 1.56 bits per heavy atom. The van der Waals surface area contributed by atoms with Gasteiger partial charge in [0.15, 0.2) is 5.82 Å². The molecule has 7 heteroatoms. The van der Waals surface area contributed by atoms with Crippen LogP contribution in [0.1, 0.15) is 0 Å². The molecule has 1 amide bonds. The number of nitrogens with zero attached hydrogens (tertiary/aromatic N) is 3. The Kier molecular flexibility index (Phi) is 3.61. The summed E-state index contributed by atoms with van der Waals surface area (Å²) >= 11 is 0. The molecule has 0 saturated carbocycles. The molecule has 1 saturated heterocycles. The predicted octanol–water partition coefficient (Wildman–Crippen LogP) is -1.36. The van der Waals surface area contributed by atoms with Crippen LogP contribution in [0.2, 0.25) is 0 Å². The zero-order chi connectivity index (χ0) is 13.1. The molecule has 1 fully saturated rings. The smallest absolute Gasteiger partial charge is 0.290 e. The maximum atomic E-state index is 12.1. The van der Waals surface area contributed by atoms with E-state index in [0.717, 1.165) is 6.54 Å². The van der Waals surface area contributed by atoms with Crippen molar-refractivity contribution in [3.63, 3.8) is 0 Å². The normalized spacial score (nSPS) is 19.7. The second-order valence-corrected chi connectivity index (χ2v) is 4.39. The molecule has 1 aromatic rings. The van der Waals surface area contributed by atoms with Crippen LogP contribution in [0.15, 0.2) is 17.2 Å². The Morgan fingerprint density at radius 2 is 2.33 bits per heavy atom. The quantitative estimate of drug-likeness (QED) is 0.678. The van der Waals surface area contributed by atoms with Gasteiger partial charge in [0.05, 0.1) is 0 Å². The molecule has 1 atom stereocenters. The number of hydrogen-bond donors (Lipinski definition) is 2. The molecule has 2 N–H and O–H groups in total.